The van der Waals surface area contributed by atoms with Gasteiger partial charge in [-0.1, -0.05) is 17.7 Å². The van der Waals surface area contributed by atoms with Crippen LogP contribution in [0.15, 0.2) is 73.3 Å². The summed E-state index contributed by atoms with van der Waals surface area (Å²) in [6, 6.07) is 14.2. The van der Waals surface area contributed by atoms with Crippen LogP contribution in [-0.4, -0.2) is 57.4 Å². The summed E-state index contributed by atoms with van der Waals surface area (Å²) in [5.74, 6) is 0.358. The molecule has 3 aromatic carbocycles. The molecule has 0 atom stereocenters. The monoisotopic (exact) mass is 569 g/mol. The van der Waals surface area contributed by atoms with E-state index in [0.29, 0.717) is 22.2 Å². The van der Waals surface area contributed by atoms with E-state index in [0.717, 1.165) is 47.9 Å². The topological polar surface area (TPSA) is 113 Å². The minimum Gasteiger partial charge on any atom is -0.485 e. The van der Waals surface area contributed by atoms with Crippen molar-refractivity contribution in [3.8, 4) is 17.4 Å². The van der Waals surface area contributed by atoms with Crippen molar-refractivity contribution in [3.63, 3.8) is 0 Å². The number of amides is 1. The van der Waals surface area contributed by atoms with Crippen LogP contribution in [0.3, 0.4) is 0 Å². The van der Waals surface area contributed by atoms with Crippen LogP contribution in [0.4, 0.5) is 0 Å². The normalized spacial score (nSPS) is 13.6. The molecule has 1 fully saturated rings. The zero-order chi connectivity index (χ0) is 28.3. The van der Waals surface area contributed by atoms with Gasteiger partial charge in [-0.05, 0) is 73.1 Å². The van der Waals surface area contributed by atoms with Crippen LogP contribution in [0.1, 0.15) is 33.6 Å². The van der Waals surface area contributed by atoms with E-state index in [2.05, 4.69) is 19.4 Å². The SMILES string of the molecule is NC(=O)c1cc2cc(Cl)ccc2cc1OCC(=O)c1cn(CCN2CCCC2)c2cc(Oc3cnccn3)ccc12. The number of fused-ring (bicyclic) bond motifs is 2. The number of halogens is 1. The fourth-order valence-corrected chi connectivity index (χ4v) is 5.42. The highest BCUT2D eigenvalue weighted by atomic mass is 35.5. The molecule has 0 saturated carbocycles. The zero-order valence-corrected chi connectivity index (χ0v) is 23.0. The molecule has 0 spiro atoms. The van der Waals surface area contributed by atoms with Gasteiger partial charge in [0.05, 0.1) is 17.3 Å². The van der Waals surface area contributed by atoms with E-state index in [1.807, 2.05) is 24.4 Å². The van der Waals surface area contributed by atoms with E-state index < -0.39 is 5.91 Å². The molecule has 1 aliphatic rings. The van der Waals surface area contributed by atoms with Crippen LogP contribution < -0.4 is 15.2 Å². The summed E-state index contributed by atoms with van der Waals surface area (Å²) < 4.78 is 13.9. The van der Waals surface area contributed by atoms with Crippen LogP contribution in [0.2, 0.25) is 5.02 Å². The highest BCUT2D eigenvalue weighted by Gasteiger charge is 2.20. The van der Waals surface area contributed by atoms with Gasteiger partial charge in [0, 0.05) is 53.7 Å². The third-order valence-corrected chi connectivity index (χ3v) is 7.53. The second-order valence-corrected chi connectivity index (χ2v) is 10.5. The maximum atomic E-state index is 13.5. The number of carbonyl (C=O) groups excluding carboxylic acids is 2. The van der Waals surface area contributed by atoms with Gasteiger partial charge in [0.2, 0.25) is 11.7 Å². The van der Waals surface area contributed by atoms with Gasteiger partial charge < -0.3 is 24.7 Å². The lowest BCUT2D eigenvalue weighted by atomic mass is 10.1. The summed E-state index contributed by atoms with van der Waals surface area (Å²) in [6.07, 6.45) is 8.98. The fourth-order valence-electron chi connectivity index (χ4n) is 5.24. The number of nitrogens with zero attached hydrogens (tertiary/aromatic N) is 4. The van der Waals surface area contributed by atoms with Gasteiger partial charge in [-0.2, -0.15) is 0 Å². The minimum absolute atomic E-state index is 0.186. The Morgan fingerprint density at radius 3 is 2.59 bits per heavy atom. The van der Waals surface area contributed by atoms with Gasteiger partial charge in [0.1, 0.15) is 11.5 Å². The number of aromatic nitrogens is 3. The van der Waals surface area contributed by atoms with Crippen molar-refractivity contribution in [1.29, 1.82) is 0 Å². The summed E-state index contributed by atoms with van der Waals surface area (Å²) in [5.41, 5.74) is 7.21. The lowest BCUT2D eigenvalue weighted by Crippen LogP contribution is -2.23. The number of carbonyl (C=O) groups is 2. The van der Waals surface area contributed by atoms with Crippen molar-refractivity contribution in [1.82, 2.24) is 19.4 Å². The number of rotatable bonds is 10. The van der Waals surface area contributed by atoms with Crippen molar-refractivity contribution < 1.29 is 19.1 Å². The number of hydrogen-bond acceptors (Lipinski definition) is 7. The number of benzene rings is 3. The lowest BCUT2D eigenvalue weighted by molar-refractivity contribution is 0.0913. The van der Waals surface area contributed by atoms with E-state index in [4.69, 9.17) is 26.8 Å². The maximum Gasteiger partial charge on any atom is 0.252 e. The number of hydrogen-bond donors (Lipinski definition) is 1. The summed E-state index contributed by atoms with van der Waals surface area (Å²) in [6.45, 7) is 3.51. The van der Waals surface area contributed by atoms with Gasteiger partial charge in [-0.3, -0.25) is 14.6 Å². The van der Waals surface area contributed by atoms with E-state index >= 15 is 0 Å². The van der Waals surface area contributed by atoms with Crippen LogP contribution in [-0.2, 0) is 6.54 Å². The maximum absolute atomic E-state index is 13.5. The van der Waals surface area contributed by atoms with E-state index in [-0.39, 0.29) is 23.7 Å². The van der Waals surface area contributed by atoms with Gasteiger partial charge in [0.25, 0.3) is 5.91 Å². The molecule has 41 heavy (non-hydrogen) atoms. The summed E-state index contributed by atoms with van der Waals surface area (Å²) in [7, 11) is 0. The number of likely N-dealkylation sites (tertiary alicyclic amines) is 1. The first kappa shape index (κ1) is 26.7. The molecule has 2 aromatic heterocycles. The Kier molecular flexibility index (Phi) is 7.54. The highest BCUT2D eigenvalue weighted by molar-refractivity contribution is 6.31. The molecular weight excluding hydrogens is 542 g/mol. The first-order valence-electron chi connectivity index (χ1n) is 13.4. The molecule has 2 N–H and O–H groups in total. The number of Topliss-reactive ketones (excluding diaryl/α,β-unsaturated/α-hetero) is 1. The molecular formula is C31H28ClN5O4. The second-order valence-electron chi connectivity index (χ2n) is 10.0. The number of primary amides is 1. The van der Waals surface area contributed by atoms with E-state index in [1.165, 1.54) is 12.8 Å². The Morgan fingerprint density at radius 1 is 0.951 bits per heavy atom. The highest BCUT2D eigenvalue weighted by Crippen LogP contribution is 2.31. The van der Waals surface area contributed by atoms with E-state index in [1.54, 1.807) is 48.9 Å². The van der Waals surface area contributed by atoms with Gasteiger partial charge in [-0.15, -0.1) is 0 Å². The minimum atomic E-state index is -0.650. The van der Waals surface area contributed by atoms with Crippen LogP contribution >= 0.6 is 11.6 Å². The molecule has 1 saturated heterocycles. The van der Waals surface area contributed by atoms with E-state index in [9.17, 15) is 9.59 Å². The third kappa shape index (κ3) is 5.86. The Hall–Kier alpha value is -4.47. The Bertz CT molecular complexity index is 1750. The predicted octanol–water partition coefficient (Wildman–Crippen LogP) is 5.49. The molecule has 208 valence electrons. The number of nitrogens with two attached hydrogens (primary N) is 1. The second kappa shape index (κ2) is 11.6. The Morgan fingerprint density at radius 2 is 1.80 bits per heavy atom. The molecule has 9 nitrogen and oxygen atoms in total. The summed E-state index contributed by atoms with van der Waals surface area (Å²) in [4.78, 5) is 36.4. The van der Waals surface area contributed by atoms with Crippen molar-refractivity contribution in [3.05, 3.63) is 89.5 Å². The standard InChI is InChI=1S/C31H28ClN5O4/c32-22-4-3-20-15-29(25(31(33)39)14-21(20)13-22)40-19-28(38)26-18-37(12-11-36-9-1-2-10-36)27-16-23(5-6-24(26)27)41-30-17-34-7-8-35-30/h3-8,13-18H,1-2,9-12,19H2,(H2,33,39). The molecule has 3 heterocycles. The quantitative estimate of drug-likeness (QED) is 0.221. The van der Waals surface area contributed by atoms with Gasteiger partial charge >= 0.3 is 0 Å². The molecule has 0 unspecified atom stereocenters. The van der Waals surface area contributed by atoms with Crippen LogP contribution in [0, 0.1) is 0 Å². The summed E-state index contributed by atoms with van der Waals surface area (Å²) >= 11 is 6.11. The molecule has 1 aliphatic heterocycles. The van der Waals surface area contributed by atoms with Crippen molar-refractivity contribution in [2.75, 3.05) is 26.2 Å². The Balaban J connectivity index is 1.29. The molecule has 5 aromatic rings. The zero-order valence-electron chi connectivity index (χ0n) is 22.3. The molecule has 0 radical (unpaired) electrons. The van der Waals surface area contributed by atoms with Crippen LogP contribution in [0.5, 0.6) is 17.4 Å². The average molecular weight is 570 g/mol. The molecule has 0 bridgehead atoms. The van der Waals surface area contributed by atoms with Gasteiger partial charge in [0.15, 0.2) is 6.61 Å². The summed E-state index contributed by atoms with van der Waals surface area (Å²) in [5, 5.41) is 2.90. The largest absolute Gasteiger partial charge is 0.485 e. The molecule has 10 heteroatoms. The number of ketones is 1. The lowest BCUT2D eigenvalue weighted by Gasteiger charge is -2.15. The Labute approximate surface area is 241 Å². The van der Waals surface area contributed by atoms with Crippen molar-refractivity contribution in [2.24, 2.45) is 5.73 Å². The van der Waals surface area contributed by atoms with Crippen LogP contribution in [0.25, 0.3) is 21.7 Å². The smallest absolute Gasteiger partial charge is 0.252 e. The first-order valence-corrected chi connectivity index (χ1v) is 13.8. The predicted molar refractivity (Wildman–Crippen MR) is 157 cm³/mol. The molecule has 6 rings (SSSR count). The fraction of sp³-hybridized carbons (Fsp3) is 0.226. The van der Waals surface area contributed by atoms with Gasteiger partial charge in [-0.25, -0.2) is 4.98 Å². The van der Waals surface area contributed by atoms with Crippen molar-refractivity contribution >= 4 is 45.0 Å². The molecule has 1 amide bonds. The third-order valence-electron chi connectivity index (χ3n) is 7.30. The average Bonchev–Trinajstić information content (AvgIpc) is 3.63. The number of ether oxygens (including phenoxy) is 2. The first-order chi connectivity index (χ1) is 19.9. The molecule has 0 aliphatic carbocycles. The van der Waals surface area contributed by atoms with Crippen molar-refractivity contribution in [2.45, 2.75) is 19.4 Å².